The highest BCUT2D eigenvalue weighted by Gasteiger charge is 2.50. The Morgan fingerprint density at radius 1 is 0.867 bits per heavy atom. The second kappa shape index (κ2) is 27.2. The Bertz CT molecular complexity index is 3310. The number of halogens is 2. The van der Waals surface area contributed by atoms with Gasteiger partial charge in [-0.2, -0.15) is 8.78 Å². The molecule has 0 saturated carbocycles. The number of likely N-dealkylation sites (tertiary alicyclic amines) is 1. The number of hydrogen-bond acceptors (Lipinski definition) is 10. The quantitative estimate of drug-likeness (QED) is 0.0160. The number of primary amides is 1. The van der Waals surface area contributed by atoms with Crippen molar-refractivity contribution in [3.63, 3.8) is 0 Å². The molecule has 4 aromatic carbocycles. The topological polar surface area (TPSA) is 312 Å². The van der Waals surface area contributed by atoms with E-state index in [-0.39, 0.29) is 73.8 Å². The van der Waals surface area contributed by atoms with E-state index >= 15 is 0 Å². The fraction of sp³-hybridized carbons (Fsp3) is 0.390. The minimum Gasteiger partial charge on any atom is -0.376 e. The molecule has 5 aromatic rings. The van der Waals surface area contributed by atoms with Crippen molar-refractivity contribution in [3.8, 4) is 11.8 Å². The molecule has 10 N–H and O–H groups in total. The maximum absolute atomic E-state index is 14.9. The minimum absolute atomic E-state index is 0.0144. The molecule has 2 saturated heterocycles. The summed E-state index contributed by atoms with van der Waals surface area (Å²) in [7, 11) is -5.90. The number of aromatic amines is 1. The molecular weight excluding hydrogens is 1100 g/mol. The molecule has 0 spiro atoms. The van der Waals surface area contributed by atoms with Crippen LogP contribution in [0, 0.1) is 11.8 Å². The monoisotopic (exact) mass is 1160 g/mol. The number of unbranched alkanes of at least 4 members (excludes halogenated alkanes) is 5. The van der Waals surface area contributed by atoms with Crippen LogP contribution in [-0.2, 0) is 45.5 Å². The van der Waals surface area contributed by atoms with Gasteiger partial charge < -0.3 is 56.3 Å². The van der Waals surface area contributed by atoms with Crippen molar-refractivity contribution in [3.05, 3.63) is 142 Å². The maximum Gasteiger partial charge on any atom is 0.399 e. The number of carbonyl (C=O) groups is 8. The summed E-state index contributed by atoms with van der Waals surface area (Å²) in [6, 6.07) is 21.3. The molecule has 24 heteroatoms. The van der Waals surface area contributed by atoms with E-state index in [9.17, 15) is 61.5 Å². The molecule has 5 atom stereocenters. The number of urea groups is 1. The summed E-state index contributed by atoms with van der Waals surface area (Å²) in [5.74, 6) is 2.37. The first kappa shape index (κ1) is 60.8. The third-order valence-corrected chi connectivity index (χ3v) is 15.9. The first-order valence-electron chi connectivity index (χ1n) is 27.5. The number of benzene rings is 4. The van der Waals surface area contributed by atoms with E-state index in [2.05, 4.69) is 43.4 Å². The van der Waals surface area contributed by atoms with Crippen molar-refractivity contribution in [2.75, 3.05) is 19.7 Å². The zero-order valence-electron chi connectivity index (χ0n) is 45.5. The fourth-order valence-corrected chi connectivity index (χ4v) is 11.0. The van der Waals surface area contributed by atoms with E-state index < -0.39 is 97.2 Å². The maximum atomic E-state index is 14.9. The van der Waals surface area contributed by atoms with Crippen molar-refractivity contribution < 1.29 is 66.2 Å². The van der Waals surface area contributed by atoms with Crippen LogP contribution in [-0.4, -0.2) is 122 Å². The molecule has 1 aromatic heterocycles. The Morgan fingerprint density at radius 3 is 2.25 bits per heavy atom. The molecule has 3 aliphatic rings. The van der Waals surface area contributed by atoms with Gasteiger partial charge in [0.1, 0.15) is 29.9 Å². The first-order chi connectivity index (χ1) is 39.7. The number of H-pyrrole nitrogens is 1. The normalized spacial score (nSPS) is 17.8. The highest BCUT2D eigenvalue weighted by atomic mass is 31.2. The van der Waals surface area contributed by atoms with Gasteiger partial charge in [-0.05, 0) is 72.7 Å². The van der Waals surface area contributed by atoms with Gasteiger partial charge in [-0.25, -0.2) is 4.79 Å². The summed E-state index contributed by atoms with van der Waals surface area (Å²) in [5.41, 5.74) is 3.40. The molecule has 4 heterocycles. The predicted molar refractivity (Wildman–Crippen MR) is 300 cm³/mol. The molecule has 1 unspecified atom stereocenters. The molecule has 2 fully saturated rings. The summed E-state index contributed by atoms with van der Waals surface area (Å²) in [6.45, 7) is 1.84. The second-order valence-corrected chi connectivity index (χ2v) is 22.4. The Labute approximate surface area is 477 Å². The van der Waals surface area contributed by atoms with Crippen molar-refractivity contribution in [2.24, 2.45) is 5.73 Å². The number of imide groups is 1. The van der Waals surface area contributed by atoms with Crippen LogP contribution in [0.5, 0.6) is 0 Å². The van der Waals surface area contributed by atoms with E-state index in [4.69, 9.17) is 10.5 Å². The number of rotatable bonds is 24. The summed E-state index contributed by atoms with van der Waals surface area (Å²) in [6.07, 6.45) is 4.36. The number of aromatic nitrogens is 1. The molecule has 438 valence electrons. The zero-order valence-corrected chi connectivity index (χ0v) is 46.4. The number of amides is 9. The number of nitrogens with two attached hydrogens (primary N) is 1. The standard InChI is InChI=1S/C59H66F2N9O12P/c1-2-3-24-45(65-52(72)46-31-39-30-40(25-26-44(39)64-46)59(60,61)83(79,80)81)57(77)69-34-41(32-49(69)55(75)66-47(33-63-58(62)78)53(73)68-51(37-18-11-8-12-19-37)38-20-13-9-14-21-38)82-29-15-7-5-4-6-10-17-36-22-16-23-42-43(36)35-70(56(42)76)48-27-28-50(71)67-54(48)74/h8-9,11-14,16,18-23,25-26,30-31,41,45,47-49,51,64H,2-7,15,24,27-29,32-35H2,1H3,(H,65,72)(H,66,75)(H,68,73)(H3,62,63,78)(H,67,71,74)(H2,79,80,81)/t41-,45+,47+,48?,49+/m1/s1. The predicted octanol–water partition coefficient (Wildman–Crippen LogP) is 5.49. The number of nitrogens with one attached hydrogen (secondary N) is 6. The summed E-state index contributed by atoms with van der Waals surface area (Å²) < 4.78 is 47.2. The van der Waals surface area contributed by atoms with Crippen LogP contribution >= 0.6 is 7.60 Å². The molecule has 0 aliphatic carbocycles. The van der Waals surface area contributed by atoms with E-state index in [1.807, 2.05) is 73.7 Å². The Morgan fingerprint density at radius 2 is 1.58 bits per heavy atom. The van der Waals surface area contributed by atoms with Gasteiger partial charge in [-0.1, -0.05) is 117 Å². The lowest BCUT2D eigenvalue weighted by Crippen LogP contribution is -2.58. The van der Waals surface area contributed by atoms with Crippen LogP contribution in [0.4, 0.5) is 13.6 Å². The Hall–Kier alpha value is -8.29. The van der Waals surface area contributed by atoms with Crippen molar-refractivity contribution in [1.29, 1.82) is 0 Å². The van der Waals surface area contributed by atoms with Crippen molar-refractivity contribution in [2.45, 2.75) is 126 Å². The van der Waals surface area contributed by atoms with E-state index in [1.54, 1.807) is 12.1 Å². The number of piperidine rings is 1. The van der Waals surface area contributed by atoms with Gasteiger partial charge in [-0.15, -0.1) is 0 Å². The minimum atomic E-state index is -5.90. The zero-order chi connectivity index (χ0) is 59.4. The molecule has 3 aliphatic heterocycles. The van der Waals surface area contributed by atoms with E-state index in [0.717, 1.165) is 54.2 Å². The highest BCUT2D eigenvalue weighted by molar-refractivity contribution is 7.52. The number of hydrogen-bond donors (Lipinski definition) is 9. The van der Waals surface area contributed by atoms with Gasteiger partial charge in [0, 0.05) is 73.1 Å². The van der Waals surface area contributed by atoms with Gasteiger partial charge in [-0.3, -0.25) is 43.4 Å². The van der Waals surface area contributed by atoms with E-state index in [1.165, 1.54) is 15.9 Å². The molecule has 0 bridgehead atoms. The number of carbonyl (C=O) groups excluding carboxylic acids is 8. The molecule has 0 radical (unpaired) electrons. The van der Waals surface area contributed by atoms with Gasteiger partial charge in [0.25, 0.3) is 11.8 Å². The van der Waals surface area contributed by atoms with Gasteiger partial charge in [0.15, 0.2) is 0 Å². The lowest BCUT2D eigenvalue weighted by molar-refractivity contribution is -0.141. The summed E-state index contributed by atoms with van der Waals surface area (Å²) in [5, 5.41) is 13.2. The van der Waals surface area contributed by atoms with Gasteiger partial charge >= 0.3 is 19.3 Å². The number of alkyl halides is 2. The SMILES string of the molecule is CCCC[C@H](NC(=O)c1cc2cc(C(F)(F)P(=O)(O)O)ccc2[nH]1)C(=O)N1C[C@H](OCCCCCCC#Cc2cccc3c2CN(C2CCC(=O)NC2=O)C3=O)C[C@H]1C(=O)N[C@@H](CNC(N)=O)C(=O)NC(c1ccccc1)c1ccccc1. The number of nitrogens with zero attached hydrogens (tertiary/aromatic N) is 2. The van der Waals surface area contributed by atoms with Crippen LogP contribution in [0.25, 0.3) is 10.9 Å². The smallest absolute Gasteiger partial charge is 0.376 e. The van der Waals surface area contributed by atoms with E-state index in [0.29, 0.717) is 36.8 Å². The number of ether oxygens (including phenoxy) is 1. The third-order valence-electron chi connectivity index (χ3n) is 14.9. The molecule has 8 rings (SSSR count). The van der Waals surface area contributed by atoms with Crippen LogP contribution in [0.1, 0.15) is 132 Å². The van der Waals surface area contributed by atoms with Crippen LogP contribution in [0.2, 0.25) is 0 Å². The van der Waals surface area contributed by atoms with Crippen LogP contribution in [0.3, 0.4) is 0 Å². The average Bonchev–Trinajstić information content (AvgIpc) is 4.37. The van der Waals surface area contributed by atoms with Crippen molar-refractivity contribution in [1.82, 2.24) is 41.4 Å². The van der Waals surface area contributed by atoms with Crippen LogP contribution < -0.4 is 32.3 Å². The van der Waals surface area contributed by atoms with Gasteiger partial charge in [0.2, 0.25) is 29.5 Å². The Kier molecular flexibility index (Phi) is 19.9. The second-order valence-electron chi connectivity index (χ2n) is 20.7. The first-order valence-corrected chi connectivity index (χ1v) is 29.1. The summed E-state index contributed by atoms with van der Waals surface area (Å²) in [4.78, 5) is 132. The average molecular weight is 1160 g/mol. The Balaban J connectivity index is 0.941. The lowest BCUT2D eigenvalue weighted by atomic mass is 9.98. The third kappa shape index (κ3) is 14.9. The molecule has 9 amide bonds. The molecular formula is C59H66F2N9O12P. The fourth-order valence-electron chi connectivity index (χ4n) is 10.5. The van der Waals surface area contributed by atoms with Crippen LogP contribution in [0.15, 0.2) is 103 Å². The summed E-state index contributed by atoms with van der Waals surface area (Å²) >= 11 is 0. The highest BCUT2D eigenvalue weighted by Crippen LogP contribution is 2.59. The number of fused-ring (bicyclic) bond motifs is 2. The molecule has 83 heavy (non-hydrogen) atoms. The van der Waals surface area contributed by atoms with Crippen molar-refractivity contribution >= 4 is 65.9 Å². The lowest BCUT2D eigenvalue weighted by Gasteiger charge is -2.30. The molecule has 21 nitrogen and oxygen atoms in total. The largest absolute Gasteiger partial charge is 0.399 e. The van der Waals surface area contributed by atoms with Gasteiger partial charge in [0.05, 0.1) is 12.1 Å².